The van der Waals surface area contributed by atoms with Crippen molar-refractivity contribution >= 4 is 15.9 Å². The minimum atomic E-state index is -0.00487. The van der Waals surface area contributed by atoms with Gasteiger partial charge in [-0.2, -0.15) is 0 Å². The van der Waals surface area contributed by atoms with Gasteiger partial charge in [-0.1, -0.05) is 65.3 Å². The molecule has 2 rings (SSSR count). The second kappa shape index (κ2) is 5.68. The van der Waals surface area contributed by atoms with E-state index >= 15 is 0 Å². The number of hydrogen-bond donors (Lipinski definition) is 1. The van der Waals surface area contributed by atoms with E-state index in [1.165, 1.54) is 11.1 Å². The first-order chi connectivity index (χ1) is 8.64. The Bertz CT molecular complexity index is 492. The molecule has 0 aromatic heterocycles. The Kier molecular flexibility index (Phi) is 4.20. The molecule has 0 bridgehead atoms. The summed E-state index contributed by atoms with van der Waals surface area (Å²) in [5.41, 5.74) is 8.62. The van der Waals surface area contributed by atoms with Gasteiger partial charge in [-0.25, -0.2) is 0 Å². The van der Waals surface area contributed by atoms with Gasteiger partial charge in [0.15, 0.2) is 0 Å². The zero-order valence-corrected chi connectivity index (χ0v) is 12.2. The van der Waals surface area contributed by atoms with Crippen LogP contribution in [0.5, 0.6) is 0 Å². The average molecular weight is 304 g/mol. The summed E-state index contributed by atoms with van der Waals surface area (Å²) in [7, 11) is 0. The van der Waals surface area contributed by atoms with Crippen molar-refractivity contribution in [3.63, 3.8) is 0 Å². The maximum absolute atomic E-state index is 6.01. The highest BCUT2D eigenvalue weighted by Crippen LogP contribution is 2.27. The van der Waals surface area contributed by atoms with E-state index in [1.807, 2.05) is 6.07 Å². The summed E-state index contributed by atoms with van der Waals surface area (Å²) in [5, 5.41) is 0. The molecule has 2 heteroatoms. The number of rotatable bonds is 4. The van der Waals surface area contributed by atoms with Crippen LogP contribution < -0.4 is 5.73 Å². The quantitative estimate of drug-likeness (QED) is 0.910. The Balaban J connectivity index is 2.26. The fraction of sp³-hybridized carbons (Fsp3) is 0.250. The van der Waals surface area contributed by atoms with Gasteiger partial charge in [0.2, 0.25) is 0 Å². The molecule has 0 spiro atoms. The summed E-state index contributed by atoms with van der Waals surface area (Å²) in [6.45, 7) is 2.87. The molecule has 0 aliphatic heterocycles. The van der Waals surface area contributed by atoms with Crippen molar-refractivity contribution in [2.24, 2.45) is 5.73 Å². The monoisotopic (exact) mass is 303 g/mol. The van der Waals surface area contributed by atoms with Crippen LogP contribution in [0, 0.1) is 0 Å². The lowest BCUT2D eigenvalue weighted by molar-refractivity contribution is 0.481. The molecule has 2 aromatic carbocycles. The predicted molar refractivity (Wildman–Crippen MR) is 80.7 cm³/mol. The number of nitrogens with two attached hydrogens (primary N) is 1. The summed E-state index contributed by atoms with van der Waals surface area (Å²) < 4.78 is 1.11. The highest BCUT2D eigenvalue weighted by Gasteiger charge is 2.25. The predicted octanol–water partition coefficient (Wildman–Crippen LogP) is 3.91. The van der Waals surface area contributed by atoms with Crippen LogP contribution in [-0.2, 0) is 11.8 Å². The standard InChI is InChI=1S/C16H18BrN/c1-16(12-18,14-5-3-2-4-6-14)11-13-7-9-15(17)10-8-13/h2-10H,11-12,18H2,1H3. The van der Waals surface area contributed by atoms with Gasteiger partial charge in [0, 0.05) is 16.4 Å². The van der Waals surface area contributed by atoms with E-state index in [0.717, 1.165) is 10.9 Å². The fourth-order valence-corrected chi connectivity index (χ4v) is 2.45. The molecule has 0 heterocycles. The van der Waals surface area contributed by atoms with Crippen molar-refractivity contribution < 1.29 is 0 Å². The van der Waals surface area contributed by atoms with Crippen LogP contribution in [0.2, 0.25) is 0 Å². The Morgan fingerprint density at radius 1 is 1.00 bits per heavy atom. The molecule has 2 aromatic rings. The molecule has 1 atom stereocenters. The molecule has 18 heavy (non-hydrogen) atoms. The number of halogens is 1. The van der Waals surface area contributed by atoms with E-state index in [1.54, 1.807) is 0 Å². The Morgan fingerprint density at radius 2 is 1.61 bits per heavy atom. The molecule has 0 fully saturated rings. The second-order valence-electron chi connectivity index (χ2n) is 4.93. The van der Waals surface area contributed by atoms with Gasteiger partial charge in [0.05, 0.1) is 0 Å². The SMILES string of the molecule is CC(CN)(Cc1ccc(Br)cc1)c1ccccc1. The lowest BCUT2D eigenvalue weighted by atomic mass is 9.77. The summed E-state index contributed by atoms with van der Waals surface area (Å²) in [5.74, 6) is 0. The lowest BCUT2D eigenvalue weighted by Crippen LogP contribution is -2.34. The van der Waals surface area contributed by atoms with Crippen LogP contribution in [0.25, 0.3) is 0 Å². The topological polar surface area (TPSA) is 26.0 Å². The molecule has 0 aliphatic carbocycles. The van der Waals surface area contributed by atoms with Gasteiger partial charge in [-0.3, -0.25) is 0 Å². The zero-order valence-electron chi connectivity index (χ0n) is 10.6. The van der Waals surface area contributed by atoms with Gasteiger partial charge < -0.3 is 5.73 Å². The van der Waals surface area contributed by atoms with Gasteiger partial charge in [-0.15, -0.1) is 0 Å². The third-order valence-corrected chi connectivity index (χ3v) is 3.96. The fourth-order valence-electron chi connectivity index (χ4n) is 2.19. The Morgan fingerprint density at radius 3 is 2.17 bits per heavy atom. The average Bonchev–Trinajstić information content (AvgIpc) is 2.42. The largest absolute Gasteiger partial charge is 0.330 e. The maximum atomic E-state index is 6.01. The molecule has 0 radical (unpaired) electrons. The molecule has 0 saturated heterocycles. The van der Waals surface area contributed by atoms with Crippen molar-refractivity contribution in [3.05, 3.63) is 70.2 Å². The Labute approximate surface area is 117 Å². The minimum Gasteiger partial charge on any atom is -0.330 e. The molecule has 0 aliphatic rings. The van der Waals surface area contributed by atoms with E-state index in [-0.39, 0.29) is 5.41 Å². The number of benzene rings is 2. The normalized spacial score (nSPS) is 14.2. The molecule has 1 nitrogen and oxygen atoms in total. The molecule has 1 unspecified atom stereocenters. The van der Waals surface area contributed by atoms with E-state index in [2.05, 4.69) is 71.4 Å². The van der Waals surface area contributed by atoms with Crippen LogP contribution in [0.1, 0.15) is 18.1 Å². The van der Waals surface area contributed by atoms with Crippen LogP contribution in [-0.4, -0.2) is 6.54 Å². The van der Waals surface area contributed by atoms with Crippen molar-refractivity contribution in [1.29, 1.82) is 0 Å². The molecule has 0 amide bonds. The van der Waals surface area contributed by atoms with Gasteiger partial charge in [-0.05, 0) is 29.7 Å². The van der Waals surface area contributed by atoms with E-state index in [0.29, 0.717) is 6.54 Å². The zero-order chi connectivity index (χ0) is 13.0. The van der Waals surface area contributed by atoms with Crippen molar-refractivity contribution in [2.75, 3.05) is 6.54 Å². The summed E-state index contributed by atoms with van der Waals surface area (Å²) in [6, 6.07) is 19.0. The summed E-state index contributed by atoms with van der Waals surface area (Å²) >= 11 is 3.46. The third kappa shape index (κ3) is 3.01. The highest BCUT2D eigenvalue weighted by molar-refractivity contribution is 9.10. The van der Waals surface area contributed by atoms with Crippen molar-refractivity contribution in [1.82, 2.24) is 0 Å². The van der Waals surface area contributed by atoms with Crippen molar-refractivity contribution in [3.8, 4) is 0 Å². The number of hydrogen-bond acceptors (Lipinski definition) is 1. The maximum Gasteiger partial charge on any atom is 0.0175 e. The minimum absolute atomic E-state index is 0.00487. The third-order valence-electron chi connectivity index (χ3n) is 3.43. The first-order valence-electron chi connectivity index (χ1n) is 6.14. The molecule has 94 valence electrons. The lowest BCUT2D eigenvalue weighted by Gasteiger charge is -2.29. The van der Waals surface area contributed by atoms with Crippen LogP contribution in [0.4, 0.5) is 0 Å². The van der Waals surface area contributed by atoms with Crippen LogP contribution in [0.3, 0.4) is 0 Å². The van der Waals surface area contributed by atoms with E-state index in [9.17, 15) is 0 Å². The van der Waals surface area contributed by atoms with E-state index < -0.39 is 0 Å². The summed E-state index contributed by atoms with van der Waals surface area (Å²) in [6.07, 6.45) is 0.959. The molecular weight excluding hydrogens is 286 g/mol. The highest BCUT2D eigenvalue weighted by atomic mass is 79.9. The molecular formula is C16H18BrN. The van der Waals surface area contributed by atoms with Gasteiger partial charge in [0.25, 0.3) is 0 Å². The van der Waals surface area contributed by atoms with Gasteiger partial charge in [0.1, 0.15) is 0 Å². The van der Waals surface area contributed by atoms with Crippen LogP contribution in [0.15, 0.2) is 59.1 Å². The first kappa shape index (κ1) is 13.3. The first-order valence-corrected chi connectivity index (χ1v) is 6.93. The molecule has 0 saturated carbocycles. The Hall–Kier alpha value is -1.12. The van der Waals surface area contributed by atoms with Crippen LogP contribution >= 0.6 is 15.9 Å². The summed E-state index contributed by atoms with van der Waals surface area (Å²) in [4.78, 5) is 0. The second-order valence-corrected chi connectivity index (χ2v) is 5.85. The molecule has 2 N–H and O–H groups in total. The van der Waals surface area contributed by atoms with Gasteiger partial charge >= 0.3 is 0 Å². The van der Waals surface area contributed by atoms with Crippen molar-refractivity contribution in [2.45, 2.75) is 18.8 Å². The smallest absolute Gasteiger partial charge is 0.0175 e. The van der Waals surface area contributed by atoms with E-state index in [4.69, 9.17) is 5.73 Å².